The van der Waals surface area contributed by atoms with Crippen molar-refractivity contribution in [2.45, 2.75) is 68.0 Å². The Morgan fingerprint density at radius 2 is 0.887 bits per heavy atom. The SMILES string of the molecule is O=C(OC[C@H]1O[C@H](OCc2ccccc2)[C@H](OC(=O)c2ccccc2)[C@@H](OC(=O)c2ccccc2)[C@@H]1O[C@@H]1O[C@H](CO)[C@H](O)[C@H](O)[C@H]1OC(=O)c1ccccc1)c1ccccc1. The molecular formula is C47H44O15. The highest BCUT2D eigenvalue weighted by Crippen LogP contribution is 2.35. The minimum Gasteiger partial charge on any atom is -0.459 e. The molecule has 2 saturated heterocycles. The van der Waals surface area contributed by atoms with Crippen molar-refractivity contribution in [3.63, 3.8) is 0 Å². The second-order valence-electron chi connectivity index (χ2n) is 14.3. The summed E-state index contributed by atoms with van der Waals surface area (Å²) in [6, 6.07) is 40.8. The van der Waals surface area contributed by atoms with Gasteiger partial charge in [0.1, 0.15) is 37.1 Å². The topological polar surface area (TPSA) is 203 Å². The van der Waals surface area contributed by atoms with Gasteiger partial charge in [-0.2, -0.15) is 0 Å². The number of carbonyl (C=O) groups is 4. The maximum atomic E-state index is 14.1. The van der Waals surface area contributed by atoms with Gasteiger partial charge in [-0.1, -0.05) is 103 Å². The predicted octanol–water partition coefficient (Wildman–Crippen LogP) is 4.29. The Morgan fingerprint density at radius 3 is 1.37 bits per heavy atom. The largest absolute Gasteiger partial charge is 0.459 e. The highest BCUT2D eigenvalue weighted by atomic mass is 16.8. The van der Waals surface area contributed by atoms with Gasteiger partial charge in [0.25, 0.3) is 0 Å². The van der Waals surface area contributed by atoms with E-state index in [1.807, 2.05) is 6.07 Å². The van der Waals surface area contributed by atoms with Gasteiger partial charge in [-0.05, 0) is 54.1 Å². The summed E-state index contributed by atoms with van der Waals surface area (Å²) in [6.07, 6.45) is -16.7. The average Bonchev–Trinajstić information content (AvgIpc) is 3.32. The third kappa shape index (κ3) is 10.8. The maximum Gasteiger partial charge on any atom is 0.338 e. The van der Waals surface area contributed by atoms with Crippen LogP contribution in [0, 0.1) is 0 Å². The first-order valence-electron chi connectivity index (χ1n) is 19.8. The lowest BCUT2D eigenvalue weighted by Gasteiger charge is -2.48. The van der Waals surface area contributed by atoms with E-state index in [2.05, 4.69) is 0 Å². The number of ether oxygens (including phenoxy) is 8. The predicted molar refractivity (Wildman–Crippen MR) is 216 cm³/mol. The van der Waals surface area contributed by atoms with Gasteiger partial charge >= 0.3 is 23.9 Å². The van der Waals surface area contributed by atoms with Crippen LogP contribution in [-0.4, -0.2) is 114 Å². The molecule has 0 bridgehead atoms. The summed E-state index contributed by atoms with van der Waals surface area (Å²) in [6.45, 7) is -1.48. The summed E-state index contributed by atoms with van der Waals surface area (Å²) in [5, 5.41) is 32.6. The van der Waals surface area contributed by atoms with E-state index in [9.17, 15) is 34.5 Å². The van der Waals surface area contributed by atoms with E-state index < -0.39 is 98.5 Å². The van der Waals surface area contributed by atoms with Gasteiger partial charge < -0.3 is 53.2 Å². The Balaban J connectivity index is 1.31. The van der Waals surface area contributed by atoms with Crippen LogP contribution in [-0.2, 0) is 44.5 Å². The zero-order valence-electron chi connectivity index (χ0n) is 33.1. The van der Waals surface area contributed by atoms with Crippen LogP contribution in [0.2, 0.25) is 0 Å². The van der Waals surface area contributed by atoms with Crippen molar-refractivity contribution in [3.8, 4) is 0 Å². The Morgan fingerprint density at radius 1 is 0.468 bits per heavy atom. The standard InChI is InChI=1S/C47H44O15/c48-26-34-36(49)37(50)39(59-43(52)31-20-10-3-11-21-31)47(57-34)62-38-35(28-55-42(51)30-18-8-2-9-19-30)58-46(56-27-29-16-6-1-7-17-29)41(61-45(54)33-24-14-5-15-25-33)40(38)60-44(53)32-22-12-4-13-23-32/h1-25,34-41,46-50H,26-28H2/t34-,35-,36+,37+,38-,39-,40+,41-,46+,47+/m1/s1. The summed E-state index contributed by atoms with van der Waals surface area (Å²) in [5.41, 5.74) is 1.22. The van der Waals surface area contributed by atoms with Crippen LogP contribution >= 0.6 is 0 Å². The lowest BCUT2D eigenvalue weighted by atomic mass is 9.96. The maximum absolute atomic E-state index is 14.1. The highest BCUT2D eigenvalue weighted by Gasteiger charge is 2.56. The van der Waals surface area contributed by atoms with Gasteiger partial charge in [0, 0.05) is 0 Å². The fourth-order valence-corrected chi connectivity index (χ4v) is 6.88. The van der Waals surface area contributed by atoms with E-state index in [-0.39, 0.29) is 28.9 Å². The van der Waals surface area contributed by atoms with Crippen LogP contribution in [0.1, 0.15) is 47.0 Å². The molecule has 10 atom stereocenters. The molecule has 0 aromatic heterocycles. The van der Waals surface area contributed by atoms with Crippen molar-refractivity contribution >= 4 is 23.9 Å². The van der Waals surface area contributed by atoms with Gasteiger partial charge in [-0.25, -0.2) is 19.2 Å². The molecule has 2 aliphatic heterocycles. The summed E-state index contributed by atoms with van der Waals surface area (Å²) >= 11 is 0. The zero-order chi connectivity index (χ0) is 43.4. The second kappa shape index (κ2) is 21.0. The third-order valence-electron chi connectivity index (χ3n) is 10.1. The molecule has 0 aliphatic carbocycles. The molecule has 2 aliphatic rings. The average molecular weight is 849 g/mol. The number of rotatable bonds is 15. The molecule has 3 N–H and O–H groups in total. The zero-order valence-corrected chi connectivity index (χ0v) is 33.1. The molecule has 0 radical (unpaired) electrons. The molecule has 15 nitrogen and oxygen atoms in total. The summed E-state index contributed by atoms with van der Waals surface area (Å²) in [5.74, 6) is -3.43. The summed E-state index contributed by atoms with van der Waals surface area (Å²) in [7, 11) is 0. The van der Waals surface area contributed by atoms with Crippen molar-refractivity contribution in [1.29, 1.82) is 0 Å². The van der Waals surface area contributed by atoms with E-state index in [0.29, 0.717) is 5.56 Å². The lowest BCUT2D eigenvalue weighted by Crippen LogP contribution is -2.66. The van der Waals surface area contributed by atoms with Crippen molar-refractivity contribution in [1.82, 2.24) is 0 Å². The molecule has 15 heteroatoms. The molecule has 5 aromatic rings. The first kappa shape index (κ1) is 43.8. The van der Waals surface area contributed by atoms with Crippen molar-refractivity contribution in [2.24, 2.45) is 0 Å². The smallest absolute Gasteiger partial charge is 0.338 e. The number of hydrogen-bond donors (Lipinski definition) is 3. The molecule has 322 valence electrons. The minimum atomic E-state index is -1.89. The lowest BCUT2D eigenvalue weighted by molar-refractivity contribution is -0.358. The monoisotopic (exact) mass is 848 g/mol. The number of aliphatic hydroxyl groups is 3. The number of esters is 4. The van der Waals surface area contributed by atoms with Crippen molar-refractivity contribution < 1.29 is 72.4 Å². The minimum absolute atomic E-state index is 0.0855. The van der Waals surface area contributed by atoms with Gasteiger partial charge in [0.15, 0.2) is 30.9 Å². The van der Waals surface area contributed by atoms with Gasteiger partial charge in [0.05, 0.1) is 35.5 Å². The van der Waals surface area contributed by atoms with Gasteiger partial charge in [-0.15, -0.1) is 0 Å². The van der Waals surface area contributed by atoms with Crippen LogP contribution in [0.3, 0.4) is 0 Å². The van der Waals surface area contributed by atoms with E-state index in [4.69, 9.17) is 37.9 Å². The molecule has 5 aromatic carbocycles. The summed E-state index contributed by atoms with van der Waals surface area (Å²) < 4.78 is 49.1. The van der Waals surface area contributed by atoms with E-state index >= 15 is 0 Å². The highest BCUT2D eigenvalue weighted by molar-refractivity contribution is 5.91. The molecule has 7 rings (SSSR count). The van der Waals surface area contributed by atoms with Crippen molar-refractivity contribution in [3.05, 3.63) is 179 Å². The number of carbonyl (C=O) groups excluding carboxylic acids is 4. The van der Waals surface area contributed by atoms with Crippen LogP contribution < -0.4 is 0 Å². The molecule has 2 fully saturated rings. The Hall–Kier alpha value is -6.30. The molecule has 0 amide bonds. The molecule has 0 unspecified atom stereocenters. The molecular weight excluding hydrogens is 805 g/mol. The first-order chi connectivity index (χ1) is 30.2. The molecule has 62 heavy (non-hydrogen) atoms. The summed E-state index contributed by atoms with van der Waals surface area (Å²) in [4.78, 5) is 54.8. The van der Waals surface area contributed by atoms with E-state index in [1.54, 1.807) is 97.1 Å². The molecule has 0 spiro atoms. The molecule has 2 heterocycles. The van der Waals surface area contributed by atoms with E-state index in [1.165, 1.54) is 48.5 Å². The van der Waals surface area contributed by atoms with Gasteiger partial charge in [0.2, 0.25) is 0 Å². The third-order valence-corrected chi connectivity index (χ3v) is 10.1. The van der Waals surface area contributed by atoms with Crippen LogP contribution in [0.4, 0.5) is 0 Å². The fraction of sp³-hybridized carbons (Fsp3) is 0.277. The normalized spacial score (nSPS) is 25.8. The van der Waals surface area contributed by atoms with Gasteiger partial charge in [-0.3, -0.25) is 0 Å². The molecule has 0 saturated carbocycles. The second-order valence-corrected chi connectivity index (χ2v) is 14.3. The number of aliphatic hydroxyl groups excluding tert-OH is 3. The Bertz CT molecular complexity index is 2210. The van der Waals surface area contributed by atoms with Crippen LogP contribution in [0.15, 0.2) is 152 Å². The quantitative estimate of drug-likeness (QED) is 0.0994. The Kier molecular flexibility index (Phi) is 14.8. The Labute approximate surface area is 356 Å². The van der Waals surface area contributed by atoms with Crippen LogP contribution in [0.5, 0.6) is 0 Å². The fourth-order valence-electron chi connectivity index (χ4n) is 6.88. The number of hydrogen-bond acceptors (Lipinski definition) is 15. The van der Waals surface area contributed by atoms with Crippen molar-refractivity contribution in [2.75, 3.05) is 13.2 Å². The number of benzene rings is 5. The first-order valence-corrected chi connectivity index (χ1v) is 19.8. The van der Waals surface area contributed by atoms with E-state index in [0.717, 1.165) is 0 Å². The van der Waals surface area contributed by atoms with Crippen LogP contribution in [0.25, 0.3) is 0 Å².